The molecule has 4 N–H and O–H groups in total. The van der Waals surface area contributed by atoms with Crippen molar-refractivity contribution >= 4 is 11.6 Å². The van der Waals surface area contributed by atoms with Crippen molar-refractivity contribution in [3.63, 3.8) is 0 Å². The standard InChI is InChI=1S/C16H29N5/c1-11-13(18-12-9-7-5-6-8-10-12)19-15(16(2,3)4)20-14(11)21-17/h12H,5-10,17H2,1-4H3,(H2,18,19,20,21). The molecule has 0 spiro atoms. The maximum Gasteiger partial charge on any atom is 0.148 e. The second kappa shape index (κ2) is 6.60. The van der Waals surface area contributed by atoms with Crippen molar-refractivity contribution in [2.24, 2.45) is 5.84 Å². The molecule has 0 radical (unpaired) electrons. The van der Waals surface area contributed by atoms with E-state index in [0.29, 0.717) is 11.9 Å². The van der Waals surface area contributed by atoms with E-state index in [1.165, 1.54) is 38.5 Å². The number of nitrogens with one attached hydrogen (secondary N) is 2. The number of nitrogens with two attached hydrogens (primary N) is 1. The predicted molar refractivity (Wildman–Crippen MR) is 88.4 cm³/mol. The van der Waals surface area contributed by atoms with Crippen LogP contribution in [0.3, 0.4) is 0 Å². The summed E-state index contributed by atoms with van der Waals surface area (Å²) in [5, 5.41) is 3.63. The molecule has 1 saturated carbocycles. The van der Waals surface area contributed by atoms with E-state index in [1.54, 1.807) is 0 Å². The Hall–Kier alpha value is -1.36. The van der Waals surface area contributed by atoms with E-state index in [1.807, 2.05) is 6.92 Å². The van der Waals surface area contributed by atoms with Gasteiger partial charge in [-0.05, 0) is 19.8 Å². The number of hydrogen-bond donors (Lipinski definition) is 3. The fourth-order valence-electron chi connectivity index (χ4n) is 2.75. The molecule has 1 aromatic heterocycles. The lowest BCUT2D eigenvalue weighted by molar-refractivity contribution is 0.543. The van der Waals surface area contributed by atoms with Crippen LogP contribution in [0.2, 0.25) is 0 Å². The van der Waals surface area contributed by atoms with Gasteiger partial charge in [-0.3, -0.25) is 0 Å². The van der Waals surface area contributed by atoms with Crippen molar-refractivity contribution in [3.05, 3.63) is 11.4 Å². The highest BCUT2D eigenvalue weighted by atomic mass is 15.3. The van der Waals surface area contributed by atoms with E-state index >= 15 is 0 Å². The van der Waals surface area contributed by atoms with E-state index in [0.717, 1.165) is 17.2 Å². The molecule has 1 aliphatic carbocycles. The highest BCUT2D eigenvalue weighted by Gasteiger charge is 2.22. The number of rotatable bonds is 3. The van der Waals surface area contributed by atoms with E-state index in [2.05, 4.69) is 36.5 Å². The number of hydrogen-bond acceptors (Lipinski definition) is 5. The first kappa shape index (κ1) is 16.0. The fraction of sp³-hybridized carbons (Fsp3) is 0.750. The van der Waals surface area contributed by atoms with Crippen molar-refractivity contribution in [2.75, 3.05) is 10.7 Å². The number of nitrogen functional groups attached to an aromatic ring is 1. The minimum absolute atomic E-state index is 0.0980. The molecular formula is C16H29N5. The van der Waals surface area contributed by atoms with Crippen molar-refractivity contribution in [1.29, 1.82) is 0 Å². The lowest BCUT2D eigenvalue weighted by atomic mass is 9.95. The molecule has 0 atom stereocenters. The van der Waals surface area contributed by atoms with Gasteiger partial charge in [0.05, 0.1) is 0 Å². The zero-order chi connectivity index (χ0) is 15.5. The topological polar surface area (TPSA) is 75.9 Å². The van der Waals surface area contributed by atoms with E-state index < -0.39 is 0 Å². The van der Waals surface area contributed by atoms with Gasteiger partial charge in [-0.15, -0.1) is 0 Å². The van der Waals surface area contributed by atoms with Gasteiger partial charge >= 0.3 is 0 Å². The predicted octanol–water partition coefficient (Wildman–Crippen LogP) is 3.50. The molecule has 2 rings (SSSR count). The van der Waals surface area contributed by atoms with Crippen molar-refractivity contribution < 1.29 is 0 Å². The summed E-state index contributed by atoms with van der Waals surface area (Å²) in [7, 11) is 0. The molecule has 1 fully saturated rings. The second-order valence-corrected chi connectivity index (χ2v) is 7.10. The van der Waals surface area contributed by atoms with Gasteiger partial charge in [0.15, 0.2) is 0 Å². The molecule has 0 saturated heterocycles. The summed E-state index contributed by atoms with van der Waals surface area (Å²) in [5.41, 5.74) is 3.60. The molecule has 5 nitrogen and oxygen atoms in total. The van der Waals surface area contributed by atoms with Crippen molar-refractivity contribution in [1.82, 2.24) is 9.97 Å². The first-order chi connectivity index (χ1) is 9.91. The zero-order valence-electron chi connectivity index (χ0n) is 13.8. The molecule has 1 aliphatic rings. The lowest BCUT2D eigenvalue weighted by Crippen LogP contribution is -2.25. The number of nitrogens with zero attached hydrogens (tertiary/aromatic N) is 2. The normalized spacial score (nSPS) is 17.4. The van der Waals surface area contributed by atoms with Gasteiger partial charge in [0.2, 0.25) is 0 Å². The van der Waals surface area contributed by atoms with Crippen LogP contribution in [0.15, 0.2) is 0 Å². The Morgan fingerprint density at radius 3 is 2.10 bits per heavy atom. The van der Waals surface area contributed by atoms with Gasteiger partial charge in [-0.25, -0.2) is 15.8 Å². The summed E-state index contributed by atoms with van der Waals surface area (Å²) in [4.78, 5) is 9.31. The Bertz CT molecular complexity index is 470. The SMILES string of the molecule is Cc1c(NN)nc(C(C)(C)C)nc1NC1CCCCCC1. The third kappa shape index (κ3) is 4.06. The van der Waals surface area contributed by atoms with Crippen LogP contribution >= 0.6 is 0 Å². The van der Waals surface area contributed by atoms with E-state index in [-0.39, 0.29) is 5.41 Å². The molecule has 5 heteroatoms. The number of anilines is 2. The zero-order valence-corrected chi connectivity index (χ0v) is 13.8. The van der Waals surface area contributed by atoms with Crippen LogP contribution in [-0.2, 0) is 5.41 Å². The highest BCUT2D eigenvalue weighted by molar-refractivity contribution is 5.57. The lowest BCUT2D eigenvalue weighted by Gasteiger charge is -2.23. The largest absolute Gasteiger partial charge is 0.367 e. The van der Waals surface area contributed by atoms with Crippen molar-refractivity contribution in [2.45, 2.75) is 77.7 Å². The van der Waals surface area contributed by atoms with Crippen LogP contribution in [0.4, 0.5) is 11.6 Å². The second-order valence-electron chi connectivity index (χ2n) is 7.10. The van der Waals surface area contributed by atoms with E-state index in [4.69, 9.17) is 10.8 Å². The Balaban J connectivity index is 2.28. The van der Waals surface area contributed by atoms with Crippen LogP contribution < -0.4 is 16.6 Å². The summed E-state index contributed by atoms with van der Waals surface area (Å²) in [5.74, 6) is 8.08. The fourth-order valence-corrected chi connectivity index (χ4v) is 2.75. The van der Waals surface area contributed by atoms with Gasteiger partial charge in [0, 0.05) is 17.0 Å². The monoisotopic (exact) mass is 291 g/mol. The van der Waals surface area contributed by atoms with Crippen LogP contribution in [-0.4, -0.2) is 16.0 Å². The molecule has 0 amide bonds. The van der Waals surface area contributed by atoms with Crippen LogP contribution in [0.25, 0.3) is 0 Å². The Morgan fingerprint density at radius 1 is 1.00 bits per heavy atom. The summed E-state index contributed by atoms with van der Waals surface area (Å²) >= 11 is 0. The molecule has 0 aliphatic heterocycles. The molecular weight excluding hydrogens is 262 g/mol. The molecule has 0 aromatic carbocycles. The molecule has 1 heterocycles. The van der Waals surface area contributed by atoms with Gasteiger partial charge in [-0.1, -0.05) is 46.5 Å². The molecule has 118 valence electrons. The smallest absolute Gasteiger partial charge is 0.148 e. The third-order valence-electron chi connectivity index (χ3n) is 4.15. The van der Waals surface area contributed by atoms with Crippen LogP contribution in [0.5, 0.6) is 0 Å². The maximum absolute atomic E-state index is 5.62. The summed E-state index contributed by atoms with van der Waals surface area (Å²) in [6.07, 6.45) is 7.75. The van der Waals surface area contributed by atoms with E-state index in [9.17, 15) is 0 Å². The first-order valence-electron chi connectivity index (χ1n) is 8.04. The number of aromatic nitrogens is 2. The molecule has 0 bridgehead atoms. The summed E-state index contributed by atoms with van der Waals surface area (Å²) in [6, 6.07) is 0.513. The van der Waals surface area contributed by atoms with Gasteiger partial charge in [-0.2, -0.15) is 0 Å². The summed E-state index contributed by atoms with van der Waals surface area (Å²) in [6.45, 7) is 8.37. The van der Waals surface area contributed by atoms with Crippen molar-refractivity contribution in [3.8, 4) is 0 Å². The average molecular weight is 291 g/mol. The maximum atomic E-state index is 5.62. The Labute approximate surface area is 128 Å². The minimum atomic E-state index is -0.0980. The summed E-state index contributed by atoms with van der Waals surface area (Å²) < 4.78 is 0. The number of hydrazine groups is 1. The van der Waals surface area contributed by atoms with Gasteiger partial charge in [0.1, 0.15) is 17.5 Å². The molecule has 21 heavy (non-hydrogen) atoms. The quantitative estimate of drug-likeness (QED) is 0.451. The van der Waals surface area contributed by atoms with Crippen LogP contribution in [0, 0.1) is 6.92 Å². The van der Waals surface area contributed by atoms with Gasteiger partial charge in [0.25, 0.3) is 0 Å². The average Bonchev–Trinajstić information content (AvgIpc) is 2.68. The Kier molecular flexibility index (Phi) is 5.04. The Morgan fingerprint density at radius 2 is 1.57 bits per heavy atom. The molecule has 1 aromatic rings. The first-order valence-corrected chi connectivity index (χ1v) is 8.04. The van der Waals surface area contributed by atoms with Crippen LogP contribution in [0.1, 0.15) is 70.7 Å². The third-order valence-corrected chi connectivity index (χ3v) is 4.15. The highest BCUT2D eigenvalue weighted by Crippen LogP contribution is 2.28. The van der Waals surface area contributed by atoms with Gasteiger partial charge < -0.3 is 10.7 Å². The minimum Gasteiger partial charge on any atom is -0.367 e. The molecule has 0 unspecified atom stereocenters.